The first-order valence-electron chi connectivity index (χ1n) is 6.46. The molecule has 5 nitrogen and oxygen atoms in total. The number of aromatic nitrogens is 2. The van der Waals surface area contributed by atoms with E-state index in [2.05, 4.69) is 15.5 Å². The summed E-state index contributed by atoms with van der Waals surface area (Å²) < 4.78 is 19.0. The molecule has 22 heavy (non-hydrogen) atoms. The summed E-state index contributed by atoms with van der Waals surface area (Å²) in [6, 6.07) is 6.00. The molecular formula is C15H11ClFN3O2. The van der Waals surface area contributed by atoms with Gasteiger partial charge in [-0.05, 0) is 32.0 Å². The number of anilines is 1. The maximum Gasteiger partial charge on any atom is 0.258 e. The summed E-state index contributed by atoms with van der Waals surface area (Å²) in [5, 5.41) is 6.76. The molecule has 1 amide bonds. The summed E-state index contributed by atoms with van der Waals surface area (Å²) in [5.41, 5.74) is 1.74. The molecule has 7 heteroatoms. The highest BCUT2D eigenvalue weighted by atomic mass is 35.5. The lowest BCUT2D eigenvalue weighted by molar-refractivity contribution is 0.102. The van der Waals surface area contributed by atoms with Gasteiger partial charge in [-0.15, -0.1) is 0 Å². The van der Waals surface area contributed by atoms with Crippen molar-refractivity contribution in [2.75, 3.05) is 5.32 Å². The van der Waals surface area contributed by atoms with E-state index in [0.29, 0.717) is 22.3 Å². The molecule has 0 bridgehead atoms. The van der Waals surface area contributed by atoms with E-state index in [1.165, 1.54) is 12.1 Å². The monoisotopic (exact) mass is 319 g/mol. The molecule has 3 aromatic rings. The topological polar surface area (TPSA) is 68.0 Å². The number of halogens is 2. The summed E-state index contributed by atoms with van der Waals surface area (Å²) in [5.74, 6) is -1.16. The fourth-order valence-corrected chi connectivity index (χ4v) is 2.36. The number of hydrogen-bond acceptors (Lipinski definition) is 4. The molecule has 0 unspecified atom stereocenters. The molecule has 2 aromatic heterocycles. The number of amides is 1. The lowest BCUT2D eigenvalue weighted by atomic mass is 10.1. The number of pyridine rings is 1. The average Bonchev–Trinajstić information content (AvgIpc) is 2.84. The van der Waals surface area contributed by atoms with E-state index in [1.807, 2.05) is 0 Å². The van der Waals surface area contributed by atoms with Gasteiger partial charge in [0.25, 0.3) is 11.6 Å². The van der Waals surface area contributed by atoms with Crippen LogP contribution in [0.25, 0.3) is 11.1 Å². The number of hydrogen-bond donors (Lipinski definition) is 1. The van der Waals surface area contributed by atoms with Gasteiger partial charge >= 0.3 is 0 Å². The van der Waals surface area contributed by atoms with Gasteiger partial charge in [0.05, 0.1) is 27.4 Å². The zero-order chi connectivity index (χ0) is 15.9. The summed E-state index contributed by atoms with van der Waals surface area (Å²) in [7, 11) is 0. The number of aryl methyl sites for hydroxylation is 2. The fourth-order valence-electron chi connectivity index (χ4n) is 2.19. The van der Waals surface area contributed by atoms with Crippen LogP contribution in [0.15, 0.2) is 28.8 Å². The first-order valence-corrected chi connectivity index (χ1v) is 6.84. The quantitative estimate of drug-likeness (QED) is 0.778. The van der Waals surface area contributed by atoms with Crippen LogP contribution in [-0.2, 0) is 0 Å². The number of benzene rings is 1. The van der Waals surface area contributed by atoms with Crippen LogP contribution in [0.2, 0.25) is 5.02 Å². The van der Waals surface area contributed by atoms with Gasteiger partial charge in [0, 0.05) is 5.69 Å². The molecule has 0 fully saturated rings. The van der Waals surface area contributed by atoms with Gasteiger partial charge < -0.3 is 9.84 Å². The Morgan fingerprint density at radius 3 is 2.91 bits per heavy atom. The first-order chi connectivity index (χ1) is 10.5. The second-order valence-electron chi connectivity index (χ2n) is 4.81. The van der Waals surface area contributed by atoms with Gasteiger partial charge in [-0.2, -0.15) is 0 Å². The molecule has 0 radical (unpaired) electrons. The van der Waals surface area contributed by atoms with E-state index >= 15 is 0 Å². The van der Waals surface area contributed by atoms with E-state index in [1.54, 1.807) is 26.0 Å². The highest BCUT2D eigenvalue weighted by molar-refractivity contribution is 6.31. The van der Waals surface area contributed by atoms with Gasteiger partial charge in [0.2, 0.25) is 0 Å². The van der Waals surface area contributed by atoms with Crippen molar-refractivity contribution in [2.45, 2.75) is 13.8 Å². The van der Waals surface area contributed by atoms with Crippen molar-refractivity contribution in [3.8, 4) is 0 Å². The number of carbonyl (C=O) groups is 1. The van der Waals surface area contributed by atoms with Gasteiger partial charge in [-0.1, -0.05) is 22.8 Å². The lowest BCUT2D eigenvalue weighted by Crippen LogP contribution is -2.14. The molecule has 0 spiro atoms. The maximum atomic E-state index is 13.9. The Morgan fingerprint density at radius 1 is 1.36 bits per heavy atom. The molecule has 112 valence electrons. The van der Waals surface area contributed by atoms with Crippen molar-refractivity contribution in [1.29, 1.82) is 0 Å². The van der Waals surface area contributed by atoms with Crippen molar-refractivity contribution < 1.29 is 13.7 Å². The molecule has 3 rings (SSSR count). The molecule has 1 N–H and O–H groups in total. The molecule has 1 aromatic carbocycles. The molecule has 0 saturated carbocycles. The standard InChI is InChI=1S/C15H11ClFN3O2/c1-7-6-9(12-8(2)20-22-15(12)18-7)14(21)19-11-5-3-4-10(16)13(11)17/h3-6H,1-2H3,(H,19,21). The molecule has 0 aliphatic rings. The minimum absolute atomic E-state index is 0.00854. The molecule has 0 saturated heterocycles. The fraction of sp³-hybridized carbons (Fsp3) is 0.133. The Balaban J connectivity index is 2.06. The molecule has 0 aliphatic carbocycles. The minimum atomic E-state index is -0.679. The van der Waals surface area contributed by atoms with Gasteiger partial charge in [-0.3, -0.25) is 4.79 Å². The van der Waals surface area contributed by atoms with E-state index in [9.17, 15) is 9.18 Å². The predicted octanol–water partition coefficient (Wildman–Crippen LogP) is 3.88. The highest BCUT2D eigenvalue weighted by Gasteiger charge is 2.19. The van der Waals surface area contributed by atoms with E-state index < -0.39 is 11.7 Å². The van der Waals surface area contributed by atoms with E-state index in [0.717, 1.165) is 0 Å². The number of rotatable bonds is 2. The van der Waals surface area contributed by atoms with Crippen LogP contribution >= 0.6 is 11.6 Å². The van der Waals surface area contributed by atoms with Crippen molar-refractivity contribution in [2.24, 2.45) is 0 Å². The van der Waals surface area contributed by atoms with Crippen LogP contribution in [0.1, 0.15) is 21.7 Å². The van der Waals surface area contributed by atoms with Crippen molar-refractivity contribution in [3.63, 3.8) is 0 Å². The van der Waals surface area contributed by atoms with Gasteiger partial charge in [-0.25, -0.2) is 9.37 Å². The second-order valence-corrected chi connectivity index (χ2v) is 5.22. The highest BCUT2D eigenvalue weighted by Crippen LogP contribution is 2.25. The van der Waals surface area contributed by atoms with Crippen molar-refractivity contribution in [3.05, 3.63) is 52.1 Å². The van der Waals surface area contributed by atoms with Crippen LogP contribution in [0.4, 0.5) is 10.1 Å². The van der Waals surface area contributed by atoms with E-state index in [4.69, 9.17) is 16.1 Å². The lowest BCUT2D eigenvalue weighted by Gasteiger charge is -2.08. The zero-order valence-corrected chi connectivity index (χ0v) is 12.5. The van der Waals surface area contributed by atoms with Crippen LogP contribution in [0.3, 0.4) is 0 Å². The number of fused-ring (bicyclic) bond motifs is 1. The number of carbonyl (C=O) groups excluding carboxylic acids is 1. The Morgan fingerprint density at radius 2 is 2.14 bits per heavy atom. The Hall–Kier alpha value is -2.47. The van der Waals surface area contributed by atoms with Crippen molar-refractivity contribution in [1.82, 2.24) is 10.1 Å². The van der Waals surface area contributed by atoms with Crippen molar-refractivity contribution >= 4 is 34.3 Å². The third-order valence-corrected chi connectivity index (χ3v) is 3.48. The number of nitrogens with zero attached hydrogens (tertiary/aromatic N) is 2. The third-order valence-electron chi connectivity index (χ3n) is 3.19. The smallest absolute Gasteiger partial charge is 0.258 e. The van der Waals surface area contributed by atoms with Crippen LogP contribution in [0.5, 0.6) is 0 Å². The molecule has 0 aliphatic heterocycles. The van der Waals surface area contributed by atoms with Crippen LogP contribution < -0.4 is 5.32 Å². The Kier molecular flexibility index (Phi) is 3.54. The third kappa shape index (κ3) is 2.42. The first kappa shape index (κ1) is 14.5. The molecular weight excluding hydrogens is 309 g/mol. The SMILES string of the molecule is Cc1cc(C(=O)Nc2cccc(Cl)c2F)c2c(C)noc2n1. The summed E-state index contributed by atoms with van der Waals surface area (Å²) in [6.07, 6.45) is 0. The minimum Gasteiger partial charge on any atom is -0.336 e. The molecule has 2 heterocycles. The average molecular weight is 320 g/mol. The molecule has 0 atom stereocenters. The Bertz CT molecular complexity index is 892. The summed E-state index contributed by atoms with van der Waals surface area (Å²) in [4.78, 5) is 16.6. The van der Waals surface area contributed by atoms with Gasteiger partial charge in [0.1, 0.15) is 0 Å². The van der Waals surface area contributed by atoms with Gasteiger partial charge in [0.15, 0.2) is 5.82 Å². The zero-order valence-electron chi connectivity index (χ0n) is 11.8. The normalized spacial score (nSPS) is 10.9. The summed E-state index contributed by atoms with van der Waals surface area (Å²) in [6.45, 7) is 3.44. The largest absolute Gasteiger partial charge is 0.336 e. The summed E-state index contributed by atoms with van der Waals surface area (Å²) >= 11 is 5.71. The van der Waals surface area contributed by atoms with Crippen LogP contribution in [0, 0.1) is 19.7 Å². The van der Waals surface area contributed by atoms with Crippen LogP contribution in [-0.4, -0.2) is 16.0 Å². The predicted molar refractivity (Wildman–Crippen MR) is 80.6 cm³/mol. The van der Waals surface area contributed by atoms with E-state index in [-0.39, 0.29) is 16.4 Å². The maximum absolute atomic E-state index is 13.9. The number of nitrogens with one attached hydrogen (secondary N) is 1. The Labute approximate surface area is 130 Å². The second kappa shape index (κ2) is 5.38.